The second-order valence-electron chi connectivity index (χ2n) is 4.90. The molecule has 0 amide bonds. The first-order valence-corrected chi connectivity index (χ1v) is 7.31. The van der Waals surface area contributed by atoms with Crippen LogP contribution in [0.1, 0.15) is 32.8 Å². The lowest BCUT2D eigenvalue weighted by Crippen LogP contribution is -2.29. The minimum Gasteiger partial charge on any atom is -0.478 e. The van der Waals surface area contributed by atoms with Crippen molar-refractivity contribution in [2.75, 3.05) is 18.0 Å². The highest BCUT2D eigenvalue weighted by Gasteiger charge is 2.14. The summed E-state index contributed by atoms with van der Waals surface area (Å²) in [6.45, 7) is 8.19. The molecule has 1 rings (SSSR count). The van der Waals surface area contributed by atoms with Gasteiger partial charge < -0.3 is 10.0 Å². The zero-order chi connectivity index (χ0) is 15.1. The molecule has 0 aliphatic carbocycles. The third kappa shape index (κ3) is 4.57. The molecule has 0 saturated heterocycles. The van der Waals surface area contributed by atoms with E-state index in [2.05, 4.69) is 25.7 Å². The number of carbonyl (C=O) groups is 1. The summed E-state index contributed by atoms with van der Waals surface area (Å²) in [5.74, 6) is -0.400. The fourth-order valence-electron chi connectivity index (χ4n) is 2.05. The molecule has 20 heavy (non-hydrogen) atoms. The van der Waals surface area contributed by atoms with E-state index in [9.17, 15) is 4.79 Å². The van der Waals surface area contributed by atoms with Gasteiger partial charge in [-0.1, -0.05) is 44.0 Å². The highest BCUT2D eigenvalue weighted by Crippen LogP contribution is 2.31. The van der Waals surface area contributed by atoms with Gasteiger partial charge in [-0.25, -0.2) is 4.79 Å². The van der Waals surface area contributed by atoms with Crippen molar-refractivity contribution in [3.8, 4) is 0 Å². The van der Waals surface area contributed by atoms with E-state index in [1.54, 1.807) is 6.08 Å². The fraction of sp³-hybridized carbons (Fsp3) is 0.438. The Hall–Kier alpha value is -1.48. The van der Waals surface area contributed by atoms with Crippen LogP contribution in [-0.4, -0.2) is 24.2 Å². The molecule has 0 aliphatic heterocycles. The number of para-hydroxylation sites is 1. The van der Waals surface area contributed by atoms with Gasteiger partial charge in [0.2, 0.25) is 0 Å². The number of rotatable bonds is 7. The summed E-state index contributed by atoms with van der Waals surface area (Å²) in [7, 11) is 0. The van der Waals surface area contributed by atoms with Gasteiger partial charge in [0, 0.05) is 19.2 Å². The molecule has 0 spiro atoms. The number of aliphatic carboxylic acids is 1. The van der Waals surface area contributed by atoms with Gasteiger partial charge in [-0.2, -0.15) is 0 Å². The predicted molar refractivity (Wildman–Crippen MR) is 85.5 cm³/mol. The van der Waals surface area contributed by atoms with Gasteiger partial charge >= 0.3 is 5.97 Å². The zero-order valence-electron chi connectivity index (χ0n) is 12.3. The van der Waals surface area contributed by atoms with Crippen LogP contribution in [0.25, 0.3) is 6.08 Å². The van der Waals surface area contributed by atoms with E-state index >= 15 is 0 Å². The third-order valence-electron chi connectivity index (χ3n) is 3.35. The van der Waals surface area contributed by atoms with E-state index in [4.69, 9.17) is 16.7 Å². The second kappa shape index (κ2) is 7.95. The fourth-order valence-corrected chi connectivity index (χ4v) is 2.35. The predicted octanol–water partition coefficient (Wildman–Crippen LogP) is 4.31. The van der Waals surface area contributed by atoms with Crippen molar-refractivity contribution < 1.29 is 9.90 Å². The average Bonchev–Trinajstić information content (AvgIpc) is 2.42. The van der Waals surface area contributed by atoms with E-state index in [-0.39, 0.29) is 0 Å². The lowest BCUT2D eigenvalue weighted by molar-refractivity contribution is -0.131. The first kappa shape index (κ1) is 16.6. The molecule has 0 aromatic heterocycles. The maximum absolute atomic E-state index is 10.7. The Labute approximate surface area is 125 Å². The molecular formula is C16H22ClNO2. The van der Waals surface area contributed by atoms with Gasteiger partial charge in [-0.3, -0.25) is 0 Å². The Morgan fingerprint density at radius 3 is 2.70 bits per heavy atom. The van der Waals surface area contributed by atoms with Crippen molar-refractivity contribution in [1.29, 1.82) is 0 Å². The van der Waals surface area contributed by atoms with Crippen molar-refractivity contribution >= 4 is 29.3 Å². The second-order valence-corrected chi connectivity index (χ2v) is 5.31. The molecule has 0 radical (unpaired) electrons. The van der Waals surface area contributed by atoms with Crippen LogP contribution in [0.15, 0.2) is 24.3 Å². The standard InChI is InChI=1S/C16H22ClNO2/c1-4-12(3)11-18(5-2)16-13(9-10-15(19)20)7-6-8-14(16)17/h6-10,12H,4-5,11H2,1-3H3,(H,19,20)/b10-9+. The summed E-state index contributed by atoms with van der Waals surface area (Å²) in [6.07, 6.45) is 3.84. The van der Waals surface area contributed by atoms with E-state index in [0.717, 1.165) is 36.8 Å². The van der Waals surface area contributed by atoms with Gasteiger partial charge in [0.25, 0.3) is 0 Å². The number of hydrogen-bond acceptors (Lipinski definition) is 2. The molecule has 0 bridgehead atoms. The summed E-state index contributed by atoms with van der Waals surface area (Å²) in [5.41, 5.74) is 1.75. The quantitative estimate of drug-likeness (QED) is 0.762. The minimum atomic E-state index is -0.957. The van der Waals surface area contributed by atoms with Crippen LogP contribution in [0.3, 0.4) is 0 Å². The van der Waals surface area contributed by atoms with Crippen molar-refractivity contribution in [3.05, 3.63) is 34.9 Å². The minimum absolute atomic E-state index is 0.558. The van der Waals surface area contributed by atoms with Crippen molar-refractivity contribution in [2.45, 2.75) is 27.2 Å². The lowest BCUT2D eigenvalue weighted by Gasteiger charge is -2.28. The monoisotopic (exact) mass is 295 g/mol. The van der Waals surface area contributed by atoms with Crippen molar-refractivity contribution in [3.63, 3.8) is 0 Å². The van der Waals surface area contributed by atoms with Crippen molar-refractivity contribution in [2.24, 2.45) is 5.92 Å². The molecule has 3 nitrogen and oxygen atoms in total. The van der Waals surface area contributed by atoms with Gasteiger partial charge in [-0.05, 0) is 30.5 Å². The van der Waals surface area contributed by atoms with Crippen molar-refractivity contribution in [1.82, 2.24) is 0 Å². The summed E-state index contributed by atoms with van der Waals surface area (Å²) < 4.78 is 0. The summed E-state index contributed by atoms with van der Waals surface area (Å²) in [6, 6.07) is 5.57. The first-order chi connectivity index (χ1) is 9.49. The first-order valence-electron chi connectivity index (χ1n) is 6.94. The molecule has 1 unspecified atom stereocenters. The Bertz CT molecular complexity index is 485. The molecule has 1 N–H and O–H groups in total. The molecule has 110 valence electrons. The smallest absolute Gasteiger partial charge is 0.328 e. The summed E-state index contributed by atoms with van der Waals surface area (Å²) in [5, 5.41) is 9.44. The van der Waals surface area contributed by atoms with E-state index in [1.807, 2.05) is 18.2 Å². The van der Waals surface area contributed by atoms with Crippen LogP contribution in [0.4, 0.5) is 5.69 Å². The highest BCUT2D eigenvalue weighted by molar-refractivity contribution is 6.33. The Morgan fingerprint density at radius 1 is 1.45 bits per heavy atom. The Kier molecular flexibility index (Phi) is 6.59. The summed E-state index contributed by atoms with van der Waals surface area (Å²) >= 11 is 6.32. The van der Waals surface area contributed by atoms with Crippen LogP contribution in [0, 0.1) is 5.92 Å². The Morgan fingerprint density at radius 2 is 2.15 bits per heavy atom. The number of hydrogen-bond donors (Lipinski definition) is 1. The normalized spacial score (nSPS) is 12.6. The lowest BCUT2D eigenvalue weighted by atomic mass is 10.1. The maximum Gasteiger partial charge on any atom is 0.328 e. The van der Waals surface area contributed by atoms with E-state index in [1.165, 1.54) is 0 Å². The zero-order valence-corrected chi connectivity index (χ0v) is 13.0. The van der Waals surface area contributed by atoms with E-state index in [0.29, 0.717) is 10.9 Å². The van der Waals surface area contributed by atoms with Gasteiger partial charge in [0.05, 0.1) is 10.7 Å². The topological polar surface area (TPSA) is 40.5 Å². The number of halogens is 1. The molecule has 1 atom stereocenters. The number of carboxylic acids is 1. The highest BCUT2D eigenvalue weighted by atomic mass is 35.5. The third-order valence-corrected chi connectivity index (χ3v) is 3.66. The van der Waals surface area contributed by atoms with Crippen LogP contribution >= 0.6 is 11.6 Å². The number of carboxylic acid groups (broad SMARTS) is 1. The average molecular weight is 296 g/mol. The molecule has 0 heterocycles. The SMILES string of the molecule is CCC(C)CN(CC)c1c(Cl)cccc1/C=C/C(=O)O. The van der Waals surface area contributed by atoms with Gasteiger partial charge in [0.1, 0.15) is 0 Å². The van der Waals surface area contributed by atoms with Crippen LogP contribution in [0.5, 0.6) is 0 Å². The molecule has 4 heteroatoms. The number of benzene rings is 1. The number of nitrogens with zero attached hydrogens (tertiary/aromatic N) is 1. The Balaban J connectivity index is 3.15. The maximum atomic E-state index is 10.7. The van der Waals surface area contributed by atoms with Crippen LogP contribution in [0.2, 0.25) is 5.02 Å². The van der Waals surface area contributed by atoms with Crippen LogP contribution in [-0.2, 0) is 4.79 Å². The molecule has 1 aromatic carbocycles. The molecule has 1 aromatic rings. The van der Waals surface area contributed by atoms with Crippen LogP contribution < -0.4 is 4.90 Å². The molecular weight excluding hydrogens is 274 g/mol. The van der Waals surface area contributed by atoms with Gasteiger partial charge in [0.15, 0.2) is 0 Å². The summed E-state index contributed by atoms with van der Waals surface area (Å²) in [4.78, 5) is 12.9. The molecule has 0 fully saturated rings. The molecule has 0 aliphatic rings. The number of anilines is 1. The van der Waals surface area contributed by atoms with E-state index < -0.39 is 5.97 Å². The molecule has 0 saturated carbocycles. The van der Waals surface area contributed by atoms with Gasteiger partial charge in [-0.15, -0.1) is 0 Å². The largest absolute Gasteiger partial charge is 0.478 e.